The van der Waals surface area contributed by atoms with Gasteiger partial charge in [-0.2, -0.15) is 5.26 Å². The first-order valence-electron chi connectivity index (χ1n) is 5.92. The summed E-state index contributed by atoms with van der Waals surface area (Å²) in [7, 11) is 0. The highest BCUT2D eigenvalue weighted by molar-refractivity contribution is 5.77. The zero-order valence-electron chi connectivity index (χ0n) is 9.87. The van der Waals surface area contributed by atoms with E-state index in [0.29, 0.717) is 24.7 Å². The van der Waals surface area contributed by atoms with E-state index in [0.717, 1.165) is 12.8 Å². The summed E-state index contributed by atoms with van der Waals surface area (Å²) in [5, 5.41) is 14.3. The summed E-state index contributed by atoms with van der Waals surface area (Å²) < 4.78 is 13.5. The van der Waals surface area contributed by atoms with E-state index >= 15 is 0 Å². The molecule has 1 fully saturated rings. The van der Waals surface area contributed by atoms with E-state index in [4.69, 9.17) is 5.26 Å². The summed E-state index contributed by atoms with van der Waals surface area (Å²) in [4.78, 5) is 11.4. The minimum Gasteiger partial charge on any atom is -0.382 e. The van der Waals surface area contributed by atoms with E-state index < -0.39 is 5.82 Å². The SMILES string of the molecule is N#Cc1ccc(NCCC(=O)NC2CC2)c(F)c1. The van der Waals surface area contributed by atoms with Crippen molar-refractivity contribution in [1.29, 1.82) is 5.26 Å². The van der Waals surface area contributed by atoms with Crippen molar-refractivity contribution >= 4 is 11.6 Å². The highest BCUT2D eigenvalue weighted by Crippen LogP contribution is 2.18. The number of benzene rings is 1. The van der Waals surface area contributed by atoms with Crippen molar-refractivity contribution in [2.45, 2.75) is 25.3 Å². The molecule has 1 saturated carbocycles. The standard InChI is InChI=1S/C13H14FN3O/c14-11-7-9(8-15)1-4-12(11)16-6-5-13(18)17-10-2-3-10/h1,4,7,10,16H,2-3,5-6H2,(H,17,18). The number of nitrogens with zero attached hydrogens (tertiary/aromatic N) is 1. The van der Waals surface area contributed by atoms with Crippen LogP contribution < -0.4 is 10.6 Å². The number of carbonyl (C=O) groups is 1. The number of amides is 1. The predicted octanol–water partition coefficient (Wildman–Crippen LogP) is 1.78. The zero-order chi connectivity index (χ0) is 13.0. The lowest BCUT2D eigenvalue weighted by Crippen LogP contribution is -2.27. The maximum absolute atomic E-state index is 13.5. The van der Waals surface area contributed by atoms with Crippen molar-refractivity contribution < 1.29 is 9.18 Å². The molecule has 0 spiro atoms. The Morgan fingerprint density at radius 1 is 1.50 bits per heavy atom. The molecule has 94 valence electrons. The van der Waals surface area contributed by atoms with Crippen LogP contribution in [0.2, 0.25) is 0 Å². The Labute approximate surface area is 105 Å². The molecule has 1 aliphatic carbocycles. The number of hydrogen-bond acceptors (Lipinski definition) is 3. The predicted molar refractivity (Wildman–Crippen MR) is 65.4 cm³/mol. The lowest BCUT2D eigenvalue weighted by atomic mass is 10.2. The molecule has 5 heteroatoms. The third kappa shape index (κ3) is 3.45. The summed E-state index contributed by atoms with van der Waals surface area (Å²) in [5.74, 6) is -0.490. The number of nitriles is 1. The number of anilines is 1. The molecule has 0 aromatic heterocycles. The van der Waals surface area contributed by atoms with E-state index in [2.05, 4.69) is 10.6 Å². The molecule has 1 aliphatic rings. The van der Waals surface area contributed by atoms with E-state index in [1.165, 1.54) is 18.2 Å². The van der Waals surface area contributed by atoms with Gasteiger partial charge >= 0.3 is 0 Å². The molecular weight excluding hydrogens is 233 g/mol. The third-order valence-corrected chi connectivity index (χ3v) is 2.71. The molecule has 2 rings (SSSR count). The van der Waals surface area contributed by atoms with Crippen LogP contribution in [0.4, 0.5) is 10.1 Å². The average Bonchev–Trinajstić information content (AvgIpc) is 3.15. The molecule has 0 atom stereocenters. The quantitative estimate of drug-likeness (QED) is 0.833. The van der Waals surface area contributed by atoms with Crippen LogP contribution in [0.3, 0.4) is 0 Å². The van der Waals surface area contributed by atoms with Gasteiger partial charge in [-0.1, -0.05) is 0 Å². The normalized spacial score (nSPS) is 13.8. The summed E-state index contributed by atoms with van der Waals surface area (Å²) >= 11 is 0. The highest BCUT2D eigenvalue weighted by atomic mass is 19.1. The Morgan fingerprint density at radius 3 is 2.89 bits per heavy atom. The minimum atomic E-state index is -0.475. The minimum absolute atomic E-state index is 0.0148. The van der Waals surface area contributed by atoms with Crippen LogP contribution in [-0.2, 0) is 4.79 Å². The Balaban J connectivity index is 1.79. The second-order valence-corrected chi connectivity index (χ2v) is 4.32. The smallest absolute Gasteiger partial charge is 0.221 e. The third-order valence-electron chi connectivity index (χ3n) is 2.71. The maximum Gasteiger partial charge on any atom is 0.221 e. The van der Waals surface area contributed by atoms with Gasteiger partial charge in [0.15, 0.2) is 0 Å². The van der Waals surface area contributed by atoms with Gasteiger partial charge in [0.1, 0.15) is 5.82 Å². The summed E-state index contributed by atoms with van der Waals surface area (Å²) in [5.41, 5.74) is 0.595. The first kappa shape index (κ1) is 12.4. The van der Waals surface area contributed by atoms with Gasteiger partial charge in [-0.3, -0.25) is 4.79 Å². The van der Waals surface area contributed by atoms with Crippen molar-refractivity contribution in [3.63, 3.8) is 0 Å². The van der Waals surface area contributed by atoms with E-state index in [1.54, 1.807) is 0 Å². The van der Waals surface area contributed by atoms with Crippen LogP contribution in [0.1, 0.15) is 24.8 Å². The molecule has 18 heavy (non-hydrogen) atoms. The molecule has 4 nitrogen and oxygen atoms in total. The fourth-order valence-electron chi connectivity index (χ4n) is 1.57. The van der Waals surface area contributed by atoms with Crippen LogP contribution in [-0.4, -0.2) is 18.5 Å². The second-order valence-electron chi connectivity index (χ2n) is 4.32. The van der Waals surface area contributed by atoms with Crippen molar-refractivity contribution in [3.8, 4) is 6.07 Å². The van der Waals surface area contributed by atoms with Gasteiger partial charge in [0.2, 0.25) is 5.91 Å². The molecule has 0 bridgehead atoms. The fraction of sp³-hybridized carbons (Fsp3) is 0.385. The van der Waals surface area contributed by atoms with Crippen molar-refractivity contribution in [2.75, 3.05) is 11.9 Å². The summed E-state index contributed by atoms with van der Waals surface area (Å²) in [6.45, 7) is 0.376. The molecule has 0 saturated heterocycles. The Hall–Kier alpha value is -2.09. The lowest BCUT2D eigenvalue weighted by Gasteiger charge is -2.07. The van der Waals surface area contributed by atoms with Crippen molar-refractivity contribution in [3.05, 3.63) is 29.6 Å². The average molecular weight is 247 g/mol. The molecule has 0 heterocycles. The molecule has 0 unspecified atom stereocenters. The number of carbonyl (C=O) groups excluding carboxylic acids is 1. The van der Waals surface area contributed by atoms with Crippen LogP contribution in [0.25, 0.3) is 0 Å². The van der Waals surface area contributed by atoms with Gasteiger partial charge in [0, 0.05) is 19.0 Å². The van der Waals surface area contributed by atoms with Crippen molar-refractivity contribution in [1.82, 2.24) is 5.32 Å². The Morgan fingerprint density at radius 2 is 2.28 bits per heavy atom. The second kappa shape index (κ2) is 5.50. The number of hydrogen-bond donors (Lipinski definition) is 2. The van der Waals surface area contributed by atoms with Crippen LogP contribution in [0.5, 0.6) is 0 Å². The van der Waals surface area contributed by atoms with Gasteiger partial charge in [-0.15, -0.1) is 0 Å². The summed E-state index contributed by atoms with van der Waals surface area (Å²) in [6.07, 6.45) is 2.43. The van der Waals surface area contributed by atoms with E-state index in [-0.39, 0.29) is 11.5 Å². The van der Waals surface area contributed by atoms with Crippen molar-refractivity contribution in [2.24, 2.45) is 0 Å². The molecule has 0 radical (unpaired) electrons. The van der Waals surface area contributed by atoms with Gasteiger partial charge in [-0.25, -0.2) is 4.39 Å². The molecule has 1 aromatic rings. The van der Waals surface area contributed by atoms with Gasteiger partial charge in [0.05, 0.1) is 17.3 Å². The molecular formula is C13H14FN3O. The summed E-state index contributed by atoms with van der Waals surface area (Å²) in [6, 6.07) is 6.43. The monoisotopic (exact) mass is 247 g/mol. The number of nitrogens with one attached hydrogen (secondary N) is 2. The molecule has 1 amide bonds. The Kier molecular flexibility index (Phi) is 3.78. The van der Waals surface area contributed by atoms with Crippen LogP contribution >= 0.6 is 0 Å². The highest BCUT2D eigenvalue weighted by Gasteiger charge is 2.22. The first-order chi connectivity index (χ1) is 8.69. The van der Waals surface area contributed by atoms with Gasteiger partial charge in [-0.05, 0) is 31.0 Å². The van der Waals surface area contributed by atoms with Gasteiger partial charge in [0.25, 0.3) is 0 Å². The topological polar surface area (TPSA) is 64.9 Å². The van der Waals surface area contributed by atoms with Crippen LogP contribution in [0.15, 0.2) is 18.2 Å². The zero-order valence-corrected chi connectivity index (χ0v) is 9.87. The van der Waals surface area contributed by atoms with Gasteiger partial charge < -0.3 is 10.6 Å². The number of halogens is 1. The molecule has 1 aromatic carbocycles. The maximum atomic E-state index is 13.5. The lowest BCUT2D eigenvalue weighted by molar-refractivity contribution is -0.120. The molecule has 2 N–H and O–H groups in total. The van der Waals surface area contributed by atoms with Crippen LogP contribution in [0, 0.1) is 17.1 Å². The first-order valence-corrected chi connectivity index (χ1v) is 5.92. The fourth-order valence-corrected chi connectivity index (χ4v) is 1.57. The molecule has 0 aliphatic heterocycles. The largest absolute Gasteiger partial charge is 0.382 e. The van der Waals surface area contributed by atoms with E-state index in [9.17, 15) is 9.18 Å². The number of rotatable bonds is 5. The Bertz CT molecular complexity index is 491. The van der Waals surface area contributed by atoms with E-state index in [1.807, 2.05) is 6.07 Å².